The summed E-state index contributed by atoms with van der Waals surface area (Å²) in [7, 11) is 5.24. The van der Waals surface area contributed by atoms with Crippen molar-refractivity contribution in [3.05, 3.63) is 28.3 Å². The third kappa shape index (κ3) is 3.30. The summed E-state index contributed by atoms with van der Waals surface area (Å²) in [6.07, 6.45) is 0. The van der Waals surface area contributed by atoms with Gasteiger partial charge < -0.3 is 19.4 Å². The van der Waals surface area contributed by atoms with Crippen molar-refractivity contribution >= 4 is 10.9 Å². The summed E-state index contributed by atoms with van der Waals surface area (Å²) in [5.41, 5.74) is 0.468. The largest absolute Gasteiger partial charge is 0.493 e. The molecule has 0 aliphatic carbocycles. The minimum Gasteiger partial charge on any atom is -0.493 e. The molecule has 0 saturated carbocycles. The van der Waals surface area contributed by atoms with E-state index in [2.05, 4.69) is 26.8 Å². The van der Waals surface area contributed by atoms with Gasteiger partial charge in [-0.3, -0.25) is 9.69 Å². The highest BCUT2D eigenvalue weighted by molar-refractivity contribution is 5.81. The van der Waals surface area contributed by atoms with E-state index in [1.54, 1.807) is 26.4 Å². The SMILES string of the molecule is COc1cc2nc(CN3CCN(C)CC3)[nH]c(=O)c2cc1OC. The first-order valence-corrected chi connectivity index (χ1v) is 7.66. The van der Waals surface area contributed by atoms with Crippen LogP contribution in [-0.4, -0.2) is 67.2 Å². The van der Waals surface area contributed by atoms with Crippen molar-refractivity contribution in [1.82, 2.24) is 19.8 Å². The fraction of sp³-hybridized carbons (Fsp3) is 0.500. The van der Waals surface area contributed by atoms with Gasteiger partial charge in [-0.05, 0) is 13.1 Å². The number of nitrogens with zero attached hydrogens (tertiary/aromatic N) is 3. The fourth-order valence-corrected chi connectivity index (χ4v) is 2.81. The molecular formula is C16H22N4O3. The molecule has 1 aliphatic heterocycles. The lowest BCUT2D eigenvalue weighted by Crippen LogP contribution is -2.44. The molecule has 1 saturated heterocycles. The molecule has 23 heavy (non-hydrogen) atoms. The zero-order chi connectivity index (χ0) is 16.4. The van der Waals surface area contributed by atoms with E-state index >= 15 is 0 Å². The Morgan fingerprint density at radius 1 is 1.13 bits per heavy atom. The lowest BCUT2D eigenvalue weighted by Gasteiger charge is -2.31. The van der Waals surface area contributed by atoms with E-state index in [-0.39, 0.29) is 5.56 Å². The van der Waals surface area contributed by atoms with Gasteiger partial charge in [0, 0.05) is 32.2 Å². The molecule has 2 aromatic rings. The van der Waals surface area contributed by atoms with E-state index in [1.165, 1.54) is 0 Å². The molecule has 1 aromatic heterocycles. The van der Waals surface area contributed by atoms with Crippen molar-refractivity contribution in [3.63, 3.8) is 0 Å². The molecule has 1 aromatic carbocycles. The molecule has 7 nitrogen and oxygen atoms in total. The number of likely N-dealkylation sites (N-methyl/N-ethyl adjacent to an activating group) is 1. The van der Waals surface area contributed by atoms with Gasteiger partial charge in [-0.15, -0.1) is 0 Å². The van der Waals surface area contributed by atoms with Gasteiger partial charge in [-0.1, -0.05) is 0 Å². The maximum Gasteiger partial charge on any atom is 0.258 e. The van der Waals surface area contributed by atoms with Gasteiger partial charge in [0.2, 0.25) is 0 Å². The van der Waals surface area contributed by atoms with E-state index in [0.717, 1.165) is 26.2 Å². The third-order valence-corrected chi connectivity index (χ3v) is 4.23. The highest BCUT2D eigenvalue weighted by Crippen LogP contribution is 2.29. The summed E-state index contributed by atoms with van der Waals surface area (Å²) < 4.78 is 10.5. The van der Waals surface area contributed by atoms with Gasteiger partial charge in [-0.2, -0.15) is 0 Å². The highest BCUT2D eigenvalue weighted by Gasteiger charge is 2.16. The van der Waals surface area contributed by atoms with Gasteiger partial charge in [0.15, 0.2) is 11.5 Å². The molecule has 0 amide bonds. The standard InChI is InChI=1S/C16H22N4O3/c1-19-4-6-20(7-5-19)10-15-17-12-9-14(23-3)13(22-2)8-11(12)16(21)18-15/h8-9H,4-7,10H2,1-3H3,(H,17,18,21). The van der Waals surface area contributed by atoms with Crippen LogP contribution in [0.2, 0.25) is 0 Å². The zero-order valence-corrected chi connectivity index (χ0v) is 13.8. The van der Waals surface area contributed by atoms with Gasteiger partial charge in [0.25, 0.3) is 5.56 Å². The fourth-order valence-electron chi connectivity index (χ4n) is 2.81. The van der Waals surface area contributed by atoms with Gasteiger partial charge in [0.1, 0.15) is 5.82 Å². The summed E-state index contributed by atoms with van der Waals surface area (Å²) >= 11 is 0. The van der Waals surface area contributed by atoms with Crippen molar-refractivity contribution in [3.8, 4) is 11.5 Å². The van der Waals surface area contributed by atoms with E-state index < -0.39 is 0 Å². The molecule has 0 unspecified atom stereocenters. The minimum absolute atomic E-state index is 0.153. The Labute approximate surface area is 134 Å². The van der Waals surface area contributed by atoms with E-state index in [9.17, 15) is 4.79 Å². The van der Waals surface area contributed by atoms with Crippen LogP contribution >= 0.6 is 0 Å². The van der Waals surface area contributed by atoms with Crippen molar-refractivity contribution in [2.75, 3.05) is 47.4 Å². The second kappa shape index (κ2) is 6.55. The number of methoxy groups -OCH3 is 2. The maximum absolute atomic E-state index is 12.3. The van der Waals surface area contributed by atoms with Crippen LogP contribution in [0.1, 0.15) is 5.82 Å². The van der Waals surface area contributed by atoms with Crippen LogP contribution in [0, 0.1) is 0 Å². The van der Waals surface area contributed by atoms with Crippen LogP contribution in [-0.2, 0) is 6.54 Å². The number of hydrogen-bond donors (Lipinski definition) is 1. The van der Waals surface area contributed by atoms with E-state index in [1.807, 2.05) is 0 Å². The summed E-state index contributed by atoms with van der Waals surface area (Å²) in [4.78, 5) is 24.4. The monoisotopic (exact) mass is 318 g/mol. The Hall–Kier alpha value is -2.12. The Bertz CT molecular complexity index is 751. The number of rotatable bonds is 4. The van der Waals surface area contributed by atoms with Gasteiger partial charge in [-0.25, -0.2) is 4.98 Å². The number of H-pyrrole nitrogens is 1. The average Bonchev–Trinajstić information content (AvgIpc) is 2.56. The highest BCUT2D eigenvalue weighted by atomic mass is 16.5. The van der Waals surface area contributed by atoms with Crippen molar-refractivity contribution < 1.29 is 9.47 Å². The number of hydrogen-bond acceptors (Lipinski definition) is 6. The zero-order valence-electron chi connectivity index (χ0n) is 13.8. The molecule has 124 valence electrons. The van der Waals surface area contributed by atoms with Crippen LogP contribution in [0.25, 0.3) is 10.9 Å². The second-order valence-electron chi connectivity index (χ2n) is 5.82. The number of aromatic amines is 1. The second-order valence-corrected chi connectivity index (χ2v) is 5.82. The molecular weight excluding hydrogens is 296 g/mol. The normalized spacial score (nSPS) is 16.7. The number of aromatic nitrogens is 2. The van der Waals surface area contributed by atoms with Crippen LogP contribution in [0.5, 0.6) is 11.5 Å². The molecule has 0 radical (unpaired) electrons. The van der Waals surface area contributed by atoms with E-state index in [4.69, 9.17) is 9.47 Å². The first kappa shape index (κ1) is 15.8. The summed E-state index contributed by atoms with van der Waals surface area (Å²) in [5.74, 6) is 1.78. The molecule has 1 fully saturated rings. The number of nitrogens with one attached hydrogen (secondary N) is 1. The Kier molecular flexibility index (Phi) is 4.49. The van der Waals surface area contributed by atoms with Crippen molar-refractivity contribution in [2.24, 2.45) is 0 Å². The minimum atomic E-state index is -0.153. The molecule has 7 heteroatoms. The Morgan fingerprint density at radius 2 is 1.78 bits per heavy atom. The summed E-state index contributed by atoms with van der Waals surface area (Å²) in [6.45, 7) is 4.66. The molecule has 3 rings (SSSR count). The molecule has 1 N–H and O–H groups in total. The van der Waals surface area contributed by atoms with E-state index in [0.29, 0.717) is 34.8 Å². The maximum atomic E-state index is 12.3. The van der Waals surface area contributed by atoms with Crippen molar-refractivity contribution in [1.29, 1.82) is 0 Å². The molecule has 0 atom stereocenters. The van der Waals surface area contributed by atoms with Gasteiger partial charge in [0.05, 0.1) is 31.7 Å². The Morgan fingerprint density at radius 3 is 2.43 bits per heavy atom. The quantitative estimate of drug-likeness (QED) is 0.894. The summed E-state index contributed by atoms with van der Waals surface area (Å²) in [6, 6.07) is 3.41. The van der Waals surface area contributed by atoms with Crippen molar-refractivity contribution in [2.45, 2.75) is 6.54 Å². The molecule has 0 bridgehead atoms. The number of fused-ring (bicyclic) bond motifs is 1. The Balaban J connectivity index is 1.92. The van der Waals surface area contributed by atoms with Crippen LogP contribution in [0.3, 0.4) is 0 Å². The molecule has 2 heterocycles. The average molecular weight is 318 g/mol. The van der Waals surface area contributed by atoms with Crippen LogP contribution in [0.4, 0.5) is 0 Å². The first-order valence-electron chi connectivity index (χ1n) is 7.66. The van der Waals surface area contributed by atoms with Crippen LogP contribution in [0.15, 0.2) is 16.9 Å². The number of benzene rings is 1. The molecule has 0 spiro atoms. The smallest absolute Gasteiger partial charge is 0.258 e. The first-order chi connectivity index (χ1) is 11.1. The lowest BCUT2D eigenvalue weighted by atomic mass is 10.2. The topological polar surface area (TPSA) is 70.7 Å². The predicted molar refractivity (Wildman–Crippen MR) is 88.2 cm³/mol. The lowest BCUT2D eigenvalue weighted by molar-refractivity contribution is 0.145. The predicted octanol–water partition coefficient (Wildman–Crippen LogP) is 0.688. The molecule has 1 aliphatic rings. The third-order valence-electron chi connectivity index (χ3n) is 4.23. The number of ether oxygens (including phenoxy) is 2. The summed E-state index contributed by atoms with van der Waals surface area (Å²) in [5, 5.41) is 0.504. The van der Waals surface area contributed by atoms with Crippen LogP contribution < -0.4 is 15.0 Å². The van der Waals surface area contributed by atoms with Gasteiger partial charge >= 0.3 is 0 Å². The number of piperazine rings is 1.